The Morgan fingerprint density at radius 2 is 1.84 bits per heavy atom. The van der Waals surface area contributed by atoms with Crippen LogP contribution in [0.25, 0.3) is 0 Å². The van der Waals surface area contributed by atoms with Crippen LogP contribution in [0.5, 0.6) is 0 Å². The van der Waals surface area contributed by atoms with Crippen LogP contribution in [-0.2, 0) is 14.0 Å². The van der Waals surface area contributed by atoms with Gasteiger partial charge in [0.1, 0.15) is 0 Å². The van der Waals surface area contributed by atoms with Gasteiger partial charge in [-0.05, 0) is 40.1 Å². The smallest absolute Gasteiger partial charge is 0.399 e. The standard InChI is InChI=1S/C13H25BN2O3/c1-7-11(10-16-15-8-9-17-6)14-18-12(2,3)13(4,5)19-14/h7,10,15H,8-9H2,1-6H3/b11-7+,16-10-. The lowest BCUT2D eigenvalue weighted by molar-refractivity contribution is 0.00578. The Balaban J connectivity index is 2.59. The zero-order valence-corrected chi connectivity index (χ0v) is 12.8. The molecule has 0 amide bonds. The third-order valence-corrected chi connectivity index (χ3v) is 3.58. The molecule has 0 unspecified atom stereocenters. The molecule has 0 aromatic rings. The SMILES string of the molecule is C/C=C(\C=N/NCCOC)B1OC(C)(C)C(C)(C)O1. The van der Waals surface area contributed by atoms with Crippen LogP contribution in [0.3, 0.4) is 0 Å². The van der Waals surface area contributed by atoms with Gasteiger partial charge in [0.25, 0.3) is 0 Å². The van der Waals surface area contributed by atoms with E-state index < -0.39 is 0 Å². The summed E-state index contributed by atoms with van der Waals surface area (Å²) < 4.78 is 16.9. The molecule has 1 saturated heterocycles. The molecule has 0 bridgehead atoms. The quantitative estimate of drug-likeness (QED) is 0.345. The summed E-state index contributed by atoms with van der Waals surface area (Å²) in [6.07, 6.45) is 3.68. The summed E-state index contributed by atoms with van der Waals surface area (Å²) >= 11 is 0. The number of nitrogens with one attached hydrogen (secondary N) is 1. The van der Waals surface area contributed by atoms with E-state index in [1.165, 1.54) is 0 Å². The molecule has 1 aliphatic rings. The summed E-state index contributed by atoms with van der Waals surface area (Å²) in [6, 6.07) is 0. The van der Waals surface area contributed by atoms with E-state index in [1.54, 1.807) is 13.3 Å². The van der Waals surface area contributed by atoms with E-state index in [4.69, 9.17) is 14.0 Å². The number of hydrogen-bond acceptors (Lipinski definition) is 5. The zero-order chi connectivity index (χ0) is 14.5. The second-order valence-corrected chi connectivity index (χ2v) is 5.54. The van der Waals surface area contributed by atoms with E-state index >= 15 is 0 Å². The summed E-state index contributed by atoms with van der Waals surface area (Å²) in [4.78, 5) is 0. The Morgan fingerprint density at radius 3 is 2.32 bits per heavy atom. The van der Waals surface area contributed by atoms with Gasteiger partial charge in [-0.15, -0.1) is 0 Å². The molecular weight excluding hydrogens is 243 g/mol. The highest BCUT2D eigenvalue weighted by Gasteiger charge is 2.52. The van der Waals surface area contributed by atoms with Crippen LogP contribution in [0.4, 0.5) is 0 Å². The molecule has 0 aromatic carbocycles. The maximum absolute atomic E-state index is 5.96. The van der Waals surface area contributed by atoms with Gasteiger partial charge in [-0.25, -0.2) is 0 Å². The number of methoxy groups -OCH3 is 1. The average molecular weight is 268 g/mol. The lowest BCUT2D eigenvalue weighted by atomic mass is 9.79. The molecule has 0 aromatic heterocycles. The van der Waals surface area contributed by atoms with Gasteiger partial charge >= 0.3 is 7.12 Å². The molecule has 1 aliphatic heterocycles. The van der Waals surface area contributed by atoms with Crippen LogP contribution in [0.15, 0.2) is 16.6 Å². The van der Waals surface area contributed by atoms with Crippen LogP contribution in [0.1, 0.15) is 34.6 Å². The van der Waals surface area contributed by atoms with E-state index in [1.807, 2.05) is 40.7 Å². The van der Waals surface area contributed by atoms with Crippen molar-refractivity contribution in [1.29, 1.82) is 0 Å². The number of rotatable bonds is 6. The highest BCUT2D eigenvalue weighted by molar-refractivity contribution is 6.60. The van der Waals surface area contributed by atoms with Crippen molar-refractivity contribution in [2.75, 3.05) is 20.3 Å². The summed E-state index contributed by atoms with van der Waals surface area (Å²) in [6.45, 7) is 11.4. The van der Waals surface area contributed by atoms with E-state index in [0.29, 0.717) is 13.2 Å². The molecule has 0 atom stereocenters. The average Bonchev–Trinajstić information content (AvgIpc) is 2.53. The van der Waals surface area contributed by atoms with Crippen molar-refractivity contribution in [1.82, 2.24) is 5.43 Å². The van der Waals surface area contributed by atoms with E-state index in [-0.39, 0.29) is 18.3 Å². The molecule has 1 rings (SSSR count). The first-order valence-electron chi connectivity index (χ1n) is 6.61. The van der Waals surface area contributed by atoms with Gasteiger partial charge in [-0.2, -0.15) is 5.10 Å². The number of hydrogen-bond donors (Lipinski definition) is 1. The van der Waals surface area contributed by atoms with Gasteiger partial charge in [0, 0.05) is 13.3 Å². The second kappa shape index (κ2) is 6.54. The van der Waals surface area contributed by atoms with Crippen molar-refractivity contribution in [3.63, 3.8) is 0 Å². The van der Waals surface area contributed by atoms with Gasteiger partial charge in [0.15, 0.2) is 0 Å². The molecule has 0 saturated carbocycles. The number of ether oxygens (including phenoxy) is 1. The van der Waals surface area contributed by atoms with E-state index in [2.05, 4.69) is 10.5 Å². The van der Waals surface area contributed by atoms with E-state index in [9.17, 15) is 0 Å². The van der Waals surface area contributed by atoms with Crippen LogP contribution in [0.2, 0.25) is 0 Å². The van der Waals surface area contributed by atoms with Gasteiger partial charge < -0.3 is 19.5 Å². The summed E-state index contributed by atoms with van der Waals surface area (Å²) in [7, 11) is 1.29. The summed E-state index contributed by atoms with van der Waals surface area (Å²) in [5.74, 6) is 0. The Hall–Kier alpha value is -0.845. The lowest BCUT2D eigenvalue weighted by Gasteiger charge is -2.32. The molecule has 108 valence electrons. The van der Waals surface area contributed by atoms with Crippen molar-refractivity contribution >= 4 is 13.3 Å². The second-order valence-electron chi connectivity index (χ2n) is 5.54. The number of nitrogens with zero attached hydrogens (tertiary/aromatic N) is 1. The zero-order valence-electron chi connectivity index (χ0n) is 12.8. The molecule has 6 heteroatoms. The van der Waals surface area contributed by atoms with Crippen molar-refractivity contribution < 1.29 is 14.0 Å². The minimum atomic E-state index is -0.372. The third kappa shape index (κ3) is 4.06. The Bertz CT molecular complexity index is 338. The largest absolute Gasteiger partial charge is 0.496 e. The van der Waals surface area contributed by atoms with Crippen molar-refractivity contribution in [2.45, 2.75) is 45.8 Å². The Morgan fingerprint density at radius 1 is 1.26 bits per heavy atom. The minimum absolute atomic E-state index is 0.330. The fourth-order valence-corrected chi connectivity index (χ4v) is 1.58. The molecular formula is C13H25BN2O3. The fourth-order valence-electron chi connectivity index (χ4n) is 1.58. The molecule has 1 fully saturated rings. The van der Waals surface area contributed by atoms with Crippen molar-refractivity contribution in [3.05, 3.63) is 11.5 Å². The molecule has 0 aliphatic carbocycles. The summed E-state index contributed by atoms with van der Waals surface area (Å²) in [5.41, 5.74) is 3.15. The first kappa shape index (κ1) is 16.2. The number of allylic oxidation sites excluding steroid dienone is 2. The summed E-state index contributed by atoms with van der Waals surface area (Å²) in [5, 5.41) is 4.14. The normalized spacial score (nSPS) is 22.2. The van der Waals surface area contributed by atoms with E-state index in [0.717, 1.165) is 5.47 Å². The van der Waals surface area contributed by atoms with Crippen molar-refractivity contribution in [2.24, 2.45) is 5.10 Å². The predicted octanol–water partition coefficient (Wildman–Crippen LogP) is 1.79. The van der Waals surface area contributed by atoms with Gasteiger partial charge in [0.05, 0.1) is 24.4 Å². The molecule has 0 spiro atoms. The van der Waals surface area contributed by atoms with Crippen LogP contribution in [0, 0.1) is 0 Å². The monoisotopic (exact) mass is 268 g/mol. The third-order valence-electron chi connectivity index (χ3n) is 3.58. The molecule has 1 heterocycles. The minimum Gasteiger partial charge on any atom is -0.399 e. The van der Waals surface area contributed by atoms with Crippen molar-refractivity contribution in [3.8, 4) is 0 Å². The highest BCUT2D eigenvalue weighted by atomic mass is 16.7. The first-order chi connectivity index (χ1) is 8.84. The van der Waals surface area contributed by atoms with Crippen LogP contribution in [-0.4, -0.2) is 44.8 Å². The van der Waals surface area contributed by atoms with Gasteiger partial charge in [-0.3, -0.25) is 0 Å². The molecule has 0 radical (unpaired) electrons. The Kier molecular flexibility index (Phi) is 5.58. The number of hydrazone groups is 1. The van der Waals surface area contributed by atoms with Crippen LogP contribution >= 0.6 is 0 Å². The Labute approximate surface area is 116 Å². The highest BCUT2D eigenvalue weighted by Crippen LogP contribution is 2.38. The lowest BCUT2D eigenvalue weighted by Crippen LogP contribution is -2.41. The first-order valence-corrected chi connectivity index (χ1v) is 6.61. The fraction of sp³-hybridized carbons (Fsp3) is 0.769. The molecule has 5 nitrogen and oxygen atoms in total. The molecule has 1 N–H and O–H groups in total. The molecule has 19 heavy (non-hydrogen) atoms. The maximum Gasteiger partial charge on any atom is 0.496 e. The van der Waals surface area contributed by atoms with Gasteiger partial charge in [-0.1, -0.05) is 6.08 Å². The van der Waals surface area contributed by atoms with Crippen LogP contribution < -0.4 is 5.43 Å². The topological polar surface area (TPSA) is 52.1 Å². The van der Waals surface area contributed by atoms with Gasteiger partial charge in [0.2, 0.25) is 0 Å². The maximum atomic E-state index is 5.96. The predicted molar refractivity (Wildman–Crippen MR) is 78.2 cm³/mol.